The van der Waals surface area contributed by atoms with Crippen molar-refractivity contribution in [3.63, 3.8) is 0 Å². The number of benzene rings is 2. The first kappa shape index (κ1) is 18.0. The number of carbonyl (C=O) groups is 2. The van der Waals surface area contributed by atoms with E-state index in [2.05, 4.69) is 5.32 Å². The molecular weight excluding hydrogens is 320 g/mol. The van der Waals surface area contributed by atoms with Gasteiger partial charge in [0.05, 0.1) is 23.8 Å². The lowest BCUT2D eigenvalue weighted by Gasteiger charge is -2.08. The van der Waals surface area contributed by atoms with E-state index >= 15 is 0 Å². The zero-order valence-electron chi connectivity index (χ0n) is 13.8. The number of anilines is 1. The van der Waals surface area contributed by atoms with Crippen LogP contribution in [-0.4, -0.2) is 25.1 Å². The van der Waals surface area contributed by atoms with Gasteiger partial charge in [-0.25, -0.2) is 4.79 Å². The fourth-order valence-corrected chi connectivity index (χ4v) is 1.95. The summed E-state index contributed by atoms with van der Waals surface area (Å²) in [6, 6.07) is 14.9. The second-order valence-corrected chi connectivity index (χ2v) is 5.19. The Hall–Kier alpha value is -3.33. The predicted molar refractivity (Wildman–Crippen MR) is 92.3 cm³/mol. The Balaban J connectivity index is 1.82. The van der Waals surface area contributed by atoms with Gasteiger partial charge in [-0.1, -0.05) is 6.92 Å². The number of nitrogens with one attached hydrogen (secondary N) is 1. The molecule has 0 aliphatic carbocycles. The Labute approximate surface area is 146 Å². The van der Waals surface area contributed by atoms with Gasteiger partial charge in [0.2, 0.25) is 0 Å². The average molecular weight is 338 g/mol. The van der Waals surface area contributed by atoms with E-state index in [-0.39, 0.29) is 0 Å². The molecule has 2 aromatic carbocycles. The van der Waals surface area contributed by atoms with Crippen LogP contribution in [0, 0.1) is 11.3 Å². The highest BCUT2D eigenvalue weighted by atomic mass is 16.5. The monoisotopic (exact) mass is 338 g/mol. The van der Waals surface area contributed by atoms with Gasteiger partial charge in [-0.3, -0.25) is 4.79 Å². The van der Waals surface area contributed by atoms with Gasteiger partial charge in [0, 0.05) is 5.69 Å². The van der Waals surface area contributed by atoms with Crippen LogP contribution in [0.2, 0.25) is 0 Å². The minimum absolute atomic E-state index is 0.343. The third kappa shape index (κ3) is 5.66. The summed E-state index contributed by atoms with van der Waals surface area (Å²) in [7, 11) is 0. The highest BCUT2D eigenvalue weighted by Gasteiger charge is 2.10. The maximum Gasteiger partial charge on any atom is 0.338 e. The van der Waals surface area contributed by atoms with Crippen molar-refractivity contribution >= 4 is 17.6 Å². The summed E-state index contributed by atoms with van der Waals surface area (Å²) in [5.41, 5.74) is 1.36. The molecule has 6 heteroatoms. The molecule has 0 fully saturated rings. The molecule has 1 amide bonds. The molecule has 0 aliphatic rings. The molecule has 0 bridgehead atoms. The van der Waals surface area contributed by atoms with Gasteiger partial charge < -0.3 is 14.8 Å². The Morgan fingerprint density at radius 2 is 1.76 bits per heavy atom. The van der Waals surface area contributed by atoms with Gasteiger partial charge in [0.25, 0.3) is 5.91 Å². The number of esters is 1. The van der Waals surface area contributed by atoms with Gasteiger partial charge in [0.1, 0.15) is 5.75 Å². The first-order chi connectivity index (χ1) is 12.1. The summed E-state index contributed by atoms with van der Waals surface area (Å²) in [5.74, 6) is -0.366. The minimum Gasteiger partial charge on any atom is -0.494 e. The van der Waals surface area contributed by atoms with E-state index in [9.17, 15) is 9.59 Å². The summed E-state index contributed by atoms with van der Waals surface area (Å²) in [6.07, 6.45) is 0.901. The Morgan fingerprint density at radius 3 is 2.36 bits per heavy atom. The third-order valence-corrected chi connectivity index (χ3v) is 3.19. The second-order valence-electron chi connectivity index (χ2n) is 5.19. The number of hydrogen-bond acceptors (Lipinski definition) is 5. The summed E-state index contributed by atoms with van der Waals surface area (Å²) in [6.45, 7) is 2.22. The van der Waals surface area contributed by atoms with Gasteiger partial charge >= 0.3 is 5.97 Å². The average Bonchev–Trinajstić information content (AvgIpc) is 2.65. The molecular formula is C19H18N2O4. The van der Waals surface area contributed by atoms with Crippen LogP contribution in [0.3, 0.4) is 0 Å². The Kier molecular flexibility index (Phi) is 6.55. The molecule has 0 heterocycles. The second kappa shape index (κ2) is 9.08. The van der Waals surface area contributed by atoms with Gasteiger partial charge in [0.15, 0.2) is 6.61 Å². The molecule has 6 nitrogen and oxygen atoms in total. The van der Waals surface area contributed by atoms with E-state index in [1.807, 2.05) is 13.0 Å². The van der Waals surface area contributed by atoms with E-state index in [1.165, 1.54) is 0 Å². The molecule has 2 aromatic rings. The fraction of sp³-hybridized carbons (Fsp3) is 0.211. The zero-order valence-corrected chi connectivity index (χ0v) is 13.8. The van der Waals surface area contributed by atoms with Crippen molar-refractivity contribution in [2.45, 2.75) is 13.3 Å². The topological polar surface area (TPSA) is 88.4 Å². The zero-order chi connectivity index (χ0) is 18.1. The van der Waals surface area contributed by atoms with Crippen LogP contribution >= 0.6 is 0 Å². The Morgan fingerprint density at radius 1 is 1.08 bits per heavy atom. The van der Waals surface area contributed by atoms with Crippen molar-refractivity contribution in [3.05, 3.63) is 59.7 Å². The summed E-state index contributed by atoms with van der Waals surface area (Å²) in [5, 5.41) is 11.3. The molecule has 0 aliphatic heterocycles. The van der Waals surface area contributed by atoms with E-state index < -0.39 is 18.5 Å². The van der Waals surface area contributed by atoms with E-state index in [0.717, 1.165) is 6.42 Å². The number of hydrogen-bond donors (Lipinski definition) is 1. The maximum absolute atomic E-state index is 11.9. The molecule has 0 saturated heterocycles. The van der Waals surface area contributed by atoms with Crippen LogP contribution in [0.25, 0.3) is 0 Å². The number of carbonyl (C=O) groups excluding carboxylic acids is 2. The Bertz CT molecular complexity index is 762. The number of amides is 1. The van der Waals surface area contributed by atoms with Crippen LogP contribution in [0.15, 0.2) is 48.5 Å². The van der Waals surface area contributed by atoms with Crippen molar-refractivity contribution in [3.8, 4) is 11.8 Å². The molecule has 1 N–H and O–H groups in total. The highest BCUT2D eigenvalue weighted by molar-refractivity contribution is 5.95. The first-order valence-electron chi connectivity index (χ1n) is 7.82. The van der Waals surface area contributed by atoms with Crippen LogP contribution in [0.4, 0.5) is 5.69 Å². The molecule has 0 aromatic heterocycles. The lowest BCUT2D eigenvalue weighted by atomic mass is 10.2. The molecule has 128 valence electrons. The van der Waals surface area contributed by atoms with Crippen LogP contribution < -0.4 is 10.1 Å². The van der Waals surface area contributed by atoms with Crippen LogP contribution in [0.5, 0.6) is 5.75 Å². The standard InChI is InChI=1S/C19H18N2O4/c1-2-11-24-17-9-5-15(6-10-17)19(23)25-13-18(22)21-16-7-3-14(12-20)4-8-16/h3-10H,2,11,13H2,1H3,(H,21,22). The van der Waals surface area contributed by atoms with E-state index in [0.29, 0.717) is 29.2 Å². The molecule has 0 atom stereocenters. The van der Waals surface area contributed by atoms with Crippen molar-refractivity contribution in [1.29, 1.82) is 5.26 Å². The highest BCUT2D eigenvalue weighted by Crippen LogP contribution is 2.13. The summed E-state index contributed by atoms with van der Waals surface area (Å²) >= 11 is 0. The minimum atomic E-state index is -0.586. The van der Waals surface area contributed by atoms with Crippen molar-refractivity contribution < 1.29 is 19.1 Å². The fourth-order valence-electron chi connectivity index (χ4n) is 1.95. The smallest absolute Gasteiger partial charge is 0.338 e. The first-order valence-corrected chi connectivity index (χ1v) is 7.82. The summed E-state index contributed by atoms with van der Waals surface area (Å²) < 4.78 is 10.4. The third-order valence-electron chi connectivity index (χ3n) is 3.19. The normalized spacial score (nSPS) is 9.76. The SMILES string of the molecule is CCCOc1ccc(C(=O)OCC(=O)Nc2ccc(C#N)cc2)cc1. The molecule has 0 radical (unpaired) electrons. The molecule has 0 unspecified atom stereocenters. The number of nitrogens with zero attached hydrogens (tertiary/aromatic N) is 1. The molecule has 25 heavy (non-hydrogen) atoms. The van der Waals surface area contributed by atoms with Crippen LogP contribution in [-0.2, 0) is 9.53 Å². The number of rotatable bonds is 7. The van der Waals surface area contributed by atoms with E-state index in [1.54, 1.807) is 48.5 Å². The van der Waals surface area contributed by atoms with Gasteiger partial charge in [-0.05, 0) is 55.0 Å². The van der Waals surface area contributed by atoms with Crippen LogP contribution in [0.1, 0.15) is 29.3 Å². The van der Waals surface area contributed by atoms with Crippen molar-refractivity contribution in [1.82, 2.24) is 0 Å². The van der Waals surface area contributed by atoms with Gasteiger partial charge in [-0.2, -0.15) is 5.26 Å². The quantitative estimate of drug-likeness (QED) is 0.784. The number of nitriles is 1. The lowest BCUT2D eigenvalue weighted by molar-refractivity contribution is -0.119. The van der Waals surface area contributed by atoms with Gasteiger partial charge in [-0.15, -0.1) is 0 Å². The van der Waals surface area contributed by atoms with Crippen molar-refractivity contribution in [2.24, 2.45) is 0 Å². The molecule has 2 rings (SSSR count). The molecule has 0 spiro atoms. The lowest BCUT2D eigenvalue weighted by Crippen LogP contribution is -2.20. The maximum atomic E-state index is 11.9. The molecule has 0 saturated carbocycles. The largest absolute Gasteiger partial charge is 0.494 e. The number of ether oxygens (including phenoxy) is 2. The summed E-state index contributed by atoms with van der Waals surface area (Å²) in [4.78, 5) is 23.7. The van der Waals surface area contributed by atoms with E-state index in [4.69, 9.17) is 14.7 Å². The predicted octanol–water partition coefficient (Wildman–Crippen LogP) is 3.14. The van der Waals surface area contributed by atoms with Crippen molar-refractivity contribution in [2.75, 3.05) is 18.5 Å².